The van der Waals surface area contributed by atoms with E-state index in [9.17, 15) is 9.90 Å². The minimum absolute atomic E-state index is 0.0560. The van der Waals surface area contributed by atoms with Gasteiger partial charge in [-0.1, -0.05) is 93.1 Å². The van der Waals surface area contributed by atoms with Crippen molar-refractivity contribution in [2.45, 2.75) is 58.0 Å². The minimum Gasteiger partial charge on any atom is -0.463 e. The Morgan fingerprint density at radius 2 is 1.66 bits per heavy atom. The van der Waals surface area contributed by atoms with Crippen LogP contribution < -0.4 is 10.4 Å². The van der Waals surface area contributed by atoms with Crippen molar-refractivity contribution in [3.05, 3.63) is 84.0 Å². The lowest BCUT2D eigenvalue weighted by Gasteiger charge is -2.44. The van der Waals surface area contributed by atoms with Crippen LogP contribution in [0.25, 0.3) is 0 Å². The molecule has 1 aliphatic carbocycles. The summed E-state index contributed by atoms with van der Waals surface area (Å²) in [5.41, 5.74) is 2.35. The van der Waals surface area contributed by atoms with Crippen LogP contribution in [0.2, 0.25) is 5.04 Å². The van der Waals surface area contributed by atoms with E-state index in [0.717, 1.165) is 18.4 Å². The molecule has 4 rings (SSSR count). The van der Waals surface area contributed by atoms with Crippen molar-refractivity contribution in [1.29, 1.82) is 0 Å². The van der Waals surface area contributed by atoms with Crippen molar-refractivity contribution < 1.29 is 23.8 Å². The monoisotopic (exact) mass is 492 g/mol. The number of hydrogen-bond acceptors (Lipinski definition) is 5. The van der Waals surface area contributed by atoms with Gasteiger partial charge in [-0.2, -0.15) is 0 Å². The second-order valence-electron chi connectivity index (χ2n) is 10.4. The highest BCUT2D eigenvalue weighted by Crippen LogP contribution is 2.40. The Hall–Kier alpha value is -2.51. The second kappa shape index (κ2) is 10.6. The molecule has 2 aromatic carbocycles. The van der Waals surface area contributed by atoms with Gasteiger partial charge in [-0.05, 0) is 39.9 Å². The zero-order chi connectivity index (χ0) is 25.1. The molecule has 6 heteroatoms. The van der Waals surface area contributed by atoms with Gasteiger partial charge in [0.2, 0.25) is 0 Å². The highest BCUT2D eigenvalue weighted by Gasteiger charge is 2.50. The van der Waals surface area contributed by atoms with Gasteiger partial charge in [0.25, 0.3) is 8.32 Å². The molecular formula is C29H36O5Si. The van der Waals surface area contributed by atoms with E-state index >= 15 is 0 Å². The number of carbonyl (C=O) groups excluding carboxylic acids is 1. The molecule has 0 radical (unpaired) electrons. The molecule has 0 bridgehead atoms. The molecule has 1 N–H and O–H groups in total. The Bertz CT molecular complexity index is 1030. The van der Waals surface area contributed by atoms with Crippen molar-refractivity contribution in [2.75, 3.05) is 13.2 Å². The van der Waals surface area contributed by atoms with Gasteiger partial charge in [-0.3, -0.25) is 4.79 Å². The lowest BCUT2D eigenvalue weighted by atomic mass is 9.79. The molecule has 3 atom stereocenters. The Morgan fingerprint density at radius 1 is 1.06 bits per heavy atom. The standard InChI is InChI=1S/C29H36O5Si/c1-21(30)32-20-27-26-17-22(15-16-23(26)18-28(31)34-27)19-33-35(29(2,3)4,24-11-7-5-8-12-24)25-13-9-6-10-14-25/h5-15,18,26-28,31H,16-17,19-20H2,1-4H3/t26-,27+,28?/m0/s1. The average Bonchev–Trinajstić information content (AvgIpc) is 2.83. The third-order valence-electron chi connectivity index (χ3n) is 7.05. The molecule has 1 heterocycles. The molecule has 1 aliphatic heterocycles. The molecule has 2 aliphatic rings. The van der Waals surface area contributed by atoms with Crippen LogP contribution in [0.1, 0.15) is 40.5 Å². The Balaban J connectivity index is 1.62. The normalized spacial score (nSPS) is 22.6. The van der Waals surface area contributed by atoms with Crippen LogP contribution in [0, 0.1) is 5.92 Å². The van der Waals surface area contributed by atoms with E-state index in [-0.39, 0.29) is 29.6 Å². The highest BCUT2D eigenvalue weighted by atomic mass is 28.4. The summed E-state index contributed by atoms with van der Waals surface area (Å²) < 4.78 is 18.1. The number of ether oxygens (including phenoxy) is 2. The van der Waals surface area contributed by atoms with Crippen LogP contribution in [0.4, 0.5) is 0 Å². The number of esters is 1. The Kier molecular flexibility index (Phi) is 7.76. The van der Waals surface area contributed by atoms with Crippen LogP contribution in [0.3, 0.4) is 0 Å². The van der Waals surface area contributed by atoms with Crippen molar-refractivity contribution >= 4 is 24.7 Å². The summed E-state index contributed by atoms with van der Waals surface area (Å²) in [5, 5.41) is 12.5. The predicted molar refractivity (Wildman–Crippen MR) is 140 cm³/mol. The zero-order valence-corrected chi connectivity index (χ0v) is 22.1. The lowest BCUT2D eigenvalue weighted by molar-refractivity contribution is -0.165. The SMILES string of the molecule is CC(=O)OC[C@H]1OC(O)C=C2CC=C(CO[Si](c3ccccc3)(c3ccccc3)C(C)(C)C)C[C@@H]21. The van der Waals surface area contributed by atoms with Gasteiger partial charge in [-0.15, -0.1) is 0 Å². The molecular weight excluding hydrogens is 456 g/mol. The molecule has 0 aromatic heterocycles. The number of rotatable bonds is 7. The third kappa shape index (κ3) is 5.51. The van der Waals surface area contributed by atoms with Gasteiger partial charge < -0.3 is 19.0 Å². The zero-order valence-electron chi connectivity index (χ0n) is 21.1. The predicted octanol–water partition coefficient (Wildman–Crippen LogP) is 4.11. The van der Waals surface area contributed by atoms with E-state index in [2.05, 4.69) is 87.5 Å². The fourth-order valence-electron chi connectivity index (χ4n) is 5.40. The fourth-order valence-corrected chi connectivity index (χ4v) is 9.96. The highest BCUT2D eigenvalue weighted by molar-refractivity contribution is 6.99. The van der Waals surface area contributed by atoms with E-state index in [0.29, 0.717) is 6.61 Å². The van der Waals surface area contributed by atoms with Gasteiger partial charge in [0.15, 0.2) is 6.29 Å². The Morgan fingerprint density at radius 3 is 2.20 bits per heavy atom. The van der Waals surface area contributed by atoms with Crippen molar-refractivity contribution in [1.82, 2.24) is 0 Å². The number of hydrogen-bond donors (Lipinski definition) is 1. The quantitative estimate of drug-likeness (QED) is 0.358. The first kappa shape index (κ1) is 25.6. The topological polar surface area (TPSA) is 65.0 Å². The number of carbonyl (C=O) groups is 1. The van der Waals surface area contributed by atoms with Gasteiger partial charge in [0.1, 0.15) is 12.7 Å². The van der Waals surface area contributed by atoms with E-state index in [1.54, 1.807) is 6.08 Å². The first-order chi connectivity index (χ1) is 16.7. The van der Waals surface area contributed by atoms with E-state index in [1.165, 1.54) is 22.9 Å². The summed E-state index contributed by atoms with van der Waals surface area (Å²) in [7, 11) is -2.63. The summed E-state index contributed by atoms with van der Waals surface area (Å²) in [6.45, 7) is 8.89. The van der Waals surface area contributed by atoms with Crippen LogP contribution in [-0.2, 0) is 18.7 Å². The summed E-state index contributed by atoms with van der Waals surface area (Å²) in [6.07, 6.45) is 4.16. The number of benzene rings is 2. The summed E-state index contributed by atoms with van der Waals surface area (Å²) in [5.74, 6) is -0.290. The molecule has 1 unspecified atom stereocenters. The maximum absolute atomic E-state index is 11.4. The molecule has 186 valence electrons. The molecule has 0 amide bonds. The fraction of sp³-hybridized carbons (Fsp3) is 0.414. The average molecular weight is 493 g/mol. The minimum atomic E-state index is -2.63. The molecule has 0 fully saturated rings. The van der Waals surface area contributed by atoms with Crippen molar-refractivity contribution in [2.24, 2.45) is 5.92 Å². The first-order valence-electron chi connectivity index (χ1n) is 12.3. The smallest absolute Gasteiger partial charge is 0.302 e. The molecule has 5 nitrogen and oxygen atoms in total. The van der Waals surface area contributed by atoms with Crippen LogP contribution in [0.5, 0.6) is 0 Å². The maximum Gasteiger partial charge on any atom is 0.302 e. The third-order valence-corrected chi connectivity index (χ3v) is 12.0. The summed E-state index contributed by atoms with van der Waals surface area (Å²) >= 11 is 0. The van der Waals surface area contributed by atoms with Crippen LogP contribution in [0.15, 0.2) is 84.0 Å². The summed E-state index contributed by atoms with van der Waals surface area (Å²) in [6, 6.07) is 21.3. The summed E-state index contributed by atoms with van der Waals surface area (Å²) in [4.78, 5) is 11.4. The van der Waals surface area contributed by atoms with E-state index in [4.69, 9.17) is 13.9 Å². The molecule has 0 saturated heterocycles. The van der Waals surface area contributed by atoms with Gasteiger partial charge in [-0.25, -0.2) is 0 Å². The lowest BCUT2D eigenvalue weighted by Crippen LogP contribution is -2.66. The largest absolute Gasteiger partial charge is 0.463 e. The molecule has 0 spiro atoms. The number of allylic oxidation sites excluding steroid dienone is 1. The molecule has 0 saturated carbocycles. The number of aliphatic hydroxyl groups excluding tert-OH is 1. The Labute approximate surface area is 209 Å². The van der Waals surface area contributed by atoms with Crippen LogP contribution >= 0.6 is 0 Å². The van der Waals surface area contributed by atoms with Gasteiger partial charge in [0.05, 0.1) is 6.61 Å². The molecule has 2 aromatic rings. The van der Waals surface area contributed by atoms with E-state index in [1.807, 2.05) is 0 Å². The van der Waals surface area contributed by atoms with Crippen molar-refractivity contribution in [3.8, 4) is 0 Å². The van der Waals surface area contributed by atoms with Gasteiger partial charge >= 0.3 is 5.97 Å². The van der Waals surface area contributed by atoms with Crippen molar-refractivity contribution in [3.63, 3.8) is 0 Å². The number of aliphatic hydroxyl groups is 1. The second-order valence-corrected chi connectivity index (χ2v) is 14.7. The van der Waals surface area contributed by atoms with E-state index < -0.39 is 14.6 Å². The number of fused-ring (bicyclic) bond motifs is 1. The first-order valence-corrected chi connectivity index (χ1v) is 14.2. The van der Waals surface area contributed by atoms with Gasteiger partial charge in [0, 0.05) is 12.8 Å². The maximum atomic E-state index is 11.4. The molecule has 35 heavy (non-hydrogen) atoms. The van der Waals surface area contributed by atoms with Crippen LogP contribution in [-0.4, -0.2) is 45.0 Å².